The van der Waals surface area contributed by atoms with Crippen LogP contribution in [-0.4, -0.2) is 18.8 Å². The van der Waals surface area contributed by atoms with Crippen molar-refractivity contribution in [1.82, 2.24) is 0 Å². The first-order valence-corrected chi connectivity index (χ1v) is 5.26. The quantitative estimate of drug-likeness (QED) is 0.861. The molecule has 0 aromatic heterocycles. The molecule has 5 heteroatoms. The third kappa shape index (κ3) is 4.18. The highest BCUT2D eigenvalue weighted by Gasteiger charge is 2.11. The number of hydrogen-bond acceptors (Lipinski definition) is 3. The van der Waals surface area contributed by atoms with Crippen LogP contribution in [-0.2, 0) is 0 Å². The van der Waals surface area contributed by atoms with Crippen molar-refractivity contribution in [3.63, 3.8) is 0 Å². The lowest BCUT2D eigenvalue weighted by molar-refractivity contribution is 0.279. The Labute approximate surface area is 107 Å². The van der Waals surface area contributed by atoms with E-state index in [4.69, 9.17) is 27.2 Å². The van der Waals surface area contributed by atoms with E-state index in [2.05, 4.69) is 0 Å². The smallest absolute Gasteiger partial charge is 0.123 e. The molecular formula is C11H17Cl2NO2. The molecular weight excluding hydrogens is 249 g/mol. The Bertz CT molecular complexity index is 321. The van der Waals surface area contributed by atoms with Crippen LogP contribution in [0.3, 0.4) is 0 Å². The summed E-state index contributed by atoms with van der Waals surface area (Å²) in [5.74, 6) is 0.741. The minimum Gasteiger partial charge on any atom is -0.496 e. The van der Waals surface area contributed by atoms with E-state index in [1.54, 1.807) is 19.2 Å². The summed E-state index contributed by atoms with van der Waals surface area (Å²) in [6.45, 7) is 0.149. The first-order valence-electron chi connectivity index (χ1n) is 4.89. The average molecular weight is 266 g/mol. The molecule has 0 aliphatic carbocycles. The molecule has 0 unspecified atom stereocenters. The van der Waals surface area contributed by atoms with Crippen molar-refractivity contribution >= 4 is 24.0 Å². The van der Waals surface area contributed by atoms with Gasteiger partial charge in [0.2, 0.25) is 0 Å². The fourth-order valence-electron chi connectivity index (χ4n) is 1.46. The Kier molecular flexibility index (Phi) is 7.51. The maximum atomic E-state index is 8.73. The summed E-state index contributed by atoms with van der Waals surface area (Å²) in [6, 6.07) is 5.23. The number of halogens is 2. The predicted octanol–water partition coefficient (Wildman–Crippen LogP) is 2.54. The molecule has 0 saturated heterocycles. The van der Waals surface area contributed by atoms with Crippen molar-refractivity contribution in [1.29, 1.82) is 0 Å². The highest BCUT2D eigenvalue weighted by atomic mass is 35.5. The maximum Gasteiger partial charge on any atom is 0.123 e. The average Bonchev–Trinajstić information content (AvgIpc) is 2.25. The van der Waals surface area contributed by atoms with Crippen molar-refractivity contribution in [2.24, 2.45) is 5.73 Å². The van der Waals surface area contributed by atoms with E-state index >= 15 is 0 Å². The van der Waals surface area contributed by atoms with Crippen LogP contribution < -0.4 is 10.5 Å². The molecule has 1 aromatic rings. The van der Waals surface area contributed by atoms with Gasteiger partial charge in [-0.15, -0.1) is 12.4 Å². The van der Waals surface area contributed by atoms with E-state index < -0.39 is 0 Å². The van der Waals surface area contributed by atoms with Crippen LogP contribution in [0.25, 0.3) is 0 Å². The van der Waals surface area contributed by atoms with Crippen LogP contribution in [0, 0.1) is 0 Å². The Morgan fingerprint density at radius 3 is 2.75 bits per heavy atom. The van der Waals surface area contributed by atoms with E-state index in [1.807, 2.05) is 6.07 Å². The molecule has 16 heavy (non-hydrogen) atoms. The SMILES string of the molecule is COc1ccc(Cl)cc1[C@H](N)CCCO.Cl. The summed E-state index contributed by atoms with van der Waals surface area (Å²) in [7, 11) is 1.60. The zero-order valence-electron chi connectivity index (χ0n) is 9.15. The van der Waals surface area contributed by atoms with E-state index in [-0.39, 0.29) is 25.1 Å². The highest BCUT2D eigenvalue weighted by Crippen LogP contribution is 2.29. The van der Waals surface area contributed by atoms with Crippen LogP contribution >= 0.6 is 24.0 Å². The van der Waals surface area contributed by atoms with Crippen molar-refractivity contribution in [2.45, 2.75) is 18.9 Å². The van der Waals surface area contributed by atoms with Gasteiger partial charge in [0.25, 0.3) is 0 Å². The largest absolute Gasteiger partial charge is 0.496 e. The van der Waals surface area contributed by atoms with Gasteiger partial charge in [-0.05, 0) is 31.0 Å². The van der Waals surface area contributed by atoms with E-state index in [9.17, 15) is 0 Å². The van der Waals surface area contributed by atoms with Gasteiger partial charge in [0.15, 0.2) is 0 Å². The Morgan fingerprint density at radius 1 is 1.50 bits per heavy atom. The van der Waals surface area contributed by atoms with Crippen LogP contribution in [0.15, 0.2) is 18.2 Å². The summed E-state index contributed by atoms with van der Waals surface area (Å²) in [6.07, 6.45) is 1.39. The van der Waals surface area contributed by atoms with Crippen molar-refractivity contribution in [2.75, 3.05) is 13.7 Å². The number of methoxy groups -OCH3 is 1. The van der Waals surface area contributed by atoms with Gasteiger partial charge < -0.3 is 15.6 Å². The molecule has 1 aromatic carbocycles. The van der Waals surface area contributed by atoms with E-state index in [0.29, 0.717) is 17.9 Å². The predicted molar refractivity (Wildman–Crippen MR) is 68.5 cm³/mol. The number of aliphatic hydroxyl groups excluding tert-OH is 1. The van der Waals surface area contributed by atoms with Crippen LogP contribution in [0.2, 0.25) is 5.02 Å². The summed E-state index contributed by atoms with van der Waals surface area (Å²) < 4.78 is 5.20. The summed E-state index contributed by atoms with van der Waals surface area (Å²) >= 11 is 5.89. The Balaban J connectivity index is 0.00000225. The zero-order valence-corrected chi connectivity index (χ0v) is 10.7. The summed E-state index contributed by atoms with van der Waals surface area (Å²) in [5.41, 5.74) is 6.86. The Morgan fingerprint density at radius 2 is 2.19 bits per heavy atom. The normalized spacial score (nSPS) is 11.8. The lowest BCUT2D eigenvalue weighted by Crippen LogP contribution is -2.12. The lowest BCUT2D eigenvalue weighted by Gasteiger charge is -2.15. The van der Waals surface area contributed by atoms with Gasteiger partial charge in [-0.3, -0.25) is 0 Å². The van der Waals surface area contributed by atoms with Crippen LogP contribution in [0.5, 0.6) is 5.75 Å². The third-order valence-electron chi connectivity index (χ3n) is 2.26. The molecule has 3 nitrogen and oxygen atoms in total. The number of nitrogens with two attached hydrogens (primary N) is 1. The summed E-state index contributed by atoms with van der Waals surface area (Å²) in [5, 5.41) is 9.37. The number of hydrogen-bond donors (Lipinski definition) is 2. The summed E-state index contributed by atoms with van der Waals surface area (Å²) in [4.78, 5) is 0. The molecule has 3 N–H and O–H groups in total. The van der Waals surface area contributed by atoms with E-state index in [1.165, 1.54) is 0 Å². The Hall–Kier alpha value is -0.480. The fraction of sp³-hybridized carbons (Fsp3) is 0.455. The second kappa shape index (κ2) is 7.74. The molecule has 0 fully saturated rings. The lowest BCUT2D eigenvalue weighted by atomic mass is 10.0. The minimum atomic E-state index is -0.147. The van der Waals surface area contributed by atoms with Gasteiger partial charge in [0.1, 0.15) is 5.75 Å². The van der Waals surface area contributed by atoms with Crippen molar-refractivity contribution < 1.29 is 9.84 Å². The van der Waals surface area contributed by atoms with E-state index in [0.717, 1.165) is 11.3 Å². The highest BCUT2D eigenvalue weighted by molar-refractivity contribution is 6.30. The molecule has 0 amide bonds. The van der Waals surface area contributed by atoms with Crippen LogP contribution in [0.1, 0.15) is 24.4 Å². The first kappa shape index (κ1) is 15.5. The van der Waals surface area contributed by atoms with Gasteiger partial charge in [0.05, 0.1) is 7.11 Å². The fourth-order valence-corrected chi connectivity index (χ4v) is 1.64. The molecule has 0 radical (unpaired) electrons. The molecule has 0 bridgehead atoms. The number of benzene rings is 1. The molecule has 0 aliphatic heterocycles. The molecule has 0 spiro atoms. The first-order chi connectivity index (χ1) is 7.19. The van der Waals surface area contributed by atoms with Gasteiger partial charge in [0, 0.05) is 23.2 Å². The second-order valence-corrected chi connectivity index (χ2v) is 3.80. The number of aliphatic hydroxyl groups is 1. The molecule has 1 atom stereocenters. The van der Waals surface area contributed by atoms with Gasteiger partial charge in [-0.1, -0.05) is 11.6 Å². The second-order valence-electron chi connectivity index (χ2n) is 3.36. The van der Waals surface area contributed by atoms with Gasteiger partial charge >= 0.3 is 0 Å². The van der Waals surface area contributed by atoms with Gasteiger partial charge in [-0.2, -0.15) is 0 Å². The molecule has 0 saturated carbocycles. The van der Waals surface area contributed by atoms with Crippen molar-refractivity contribution in [3.05, 3.63) is 28.8 Å². The monoisotopic (exact) mass is 265 g/mol. The minimum absolute atomic E-state index is 0. The van der Waals surface area contributed by atoms with Crippen molar-refractivity contribution in [3.8, 4) is 5.75 Å². The molecule has 92 valence electrons. The zero-order chi connectivity index (χ0) is 11.3. The van der Waals surface area contributed by atoms with Crippen LogP contribution in [0.4, 0.5) is 0 Å². The standard InChI is InChI=1S/C11H16ClNO2.ClH/c1-15-11-5-4-8(12)7-9(11)10(13)3-2-6-14;/h4-5,7,10,14H,2-3,6,13H2,1H3;1H/t10-;/m1./s1. The van der Waals surface area contributed by atoms with Gasteiger partial charge in [-0.25, -0.2) is 0 Å². The molecule has 1 rings (SSSR count). The maximum absolute atomic E-state index is 8.73. The molecule has 0 aliphatic rings. The number of rotatable bonds is 5. The topological polar surface area (TPSA) is 55.5 Å². The third-order valence-corrected chi connectivity index (χ3v) is 2.50. The molecule has 0 heterocycles. The number of ether oxygens (including phenoxy) is 1.